The van der Waals surface area contributed by atoms with Crippen LogP contribution in [-0.2, 0) is 0 Å². The highest BCUT2D eigenvalue weighted by atomic mass is 16.2. The maximum Gasteiger partial charge on any atom is 0.311 e. The summed E-state index contributed by atoms with van der Waals surface area (Å²) in [6, 6.07) is 23.0. The second kappa shape index (κ2) is 25.9. The molecule has 0 bridgehead atoms. The normalized spacial score (nSPS) is 7.20. The summed E-state index contributed by atoms with van der Waals surface area (Å²) in [7, 11) is 2.95. The van der Waals surface area contributed by atoms with Crippen LogP contribution in [-0.4, -0.2) is 26.2 Å². The SMILES string of the molecule is CCC.CNC(N)=O.CNC(N)=O.c1ccccc1.c1ccccc1. The molecule has 0 aliphatic rings. The Kier molecular flexibility index (Phi) is 27.8. The summed E-state index contributed by atoms with van der Waals surface area (Å²) in [4.78, 5) is 19.0. The minimum absolute atomic E-state index is 0.495. The topological polar surface area (TPSA) is 110 Å². The van der Waals surface area contributed by atoms with Crippen molar-refractivity contribution in [2.24, 2.45) is 11.5 Å². The Morgan fingerprint density at radius 3 is 0.720 bits per heavy atom. The lowest BCUT2D eigenvalue weighted by Crippen LogP contribution is -2.24. The molecular formula is C19H32N4O2. The average molecular weight is 348 g/mol. The fraction of sp³-hybridized carbons (Fsp3) is 0.263. The van der Waals surface area contributed by atoms with Crippen LogP contribution < -0.4 is 22.1 Å². The van der Waals surface area contributed by atoms with E-state index in [-0.39, 0.29) is 0 Å². The number of hydrogen-bond acceptors (Lipinski definition) is 2. The largest absolute Gasteiger partial charge is 0.352 e. The number of amides is 4. The van der Waals surface area contributed by atoms with Gasteiger partial charge in [-0.1, -0.05) is 93.1 Å². The molecule has 4 amide bonds. The van der Waals surface area contributed by atoms with Gasteiger partial charge >= 0.3 is 12.1 Å². The molecule has 0 heterocycles. The third-order valence-electron chi connectivity index (χ3n) is 1.83. The van der Waals surface area contributed by atoms with Crippen LogP contribution in [0.2, 0.25) is 0 Å². The Morgan fingerprint density at radius 1 is 0.600 bits per heavy atom. The van der Waals surface area contributed by atoms with Crippen molar-refractivity contribution in [1.29, 1.82) is 0 Å². The number of benzene rings is 2. The van der Waals surface area contributed by atoms with E-state index in [1.54, 1.807) is 0 Å². The number of nitrogens with one attached hydrogen (secondary N) is 2. The van der Waals surface area contributed by atoms with Crippen molar-refractivity contribution in [2.75, 3.05) is 14.1 Å². The first-order valence-corrected chi connectivity index (χ1v) is 7.90. The molecule has 2 aromatic rings. The third kappa shape index (κ3) is 44.9. The minimum atomic E-state index is -0.495. The molecule has 25 heavy (non-hydrogen) atoms. The van der Waals surface area contributed by atoms with Crippen LogP contribution >= 0.6 is 0 Å². The molecule has 0 saturated carbocycles. The first kappa shape index (κ1) is 26.9. The lowest BCUT2D eigenvalue weighted by Gasteiger charge is -1.80. The van der Waals surface area contributed by atoms with Crippen LogP contribution in [0.1, 0.15) is 20.3 Å². The summed E-state index contributed by atoms with van der Waals surface area (Å²) < 4.78 is 0. The molecule has 0 aromatic heterocycles. The summed E-state index contributed by atoms with van der Waals surface area (Å²) in [5, 5.41) is 4.33. The molecular weight excluding hydrogens is 316 g/mol. The Balaban J connectivity index is -0.000000247. The maximum atomic E-state index is 9.48. The van der Waals surface area contributed by atoms with Gasteiger partial charge in [0, 0.05) is 14.1 Å². The van der Waals surface area contributed by atoms with E-state index < -0.39 is 12.1 Å². The molecule has 2 rings (SSSR count). The predicted octanol–water partition coefficient (Wildman–Crippen LogP) is 3.36. The van der Waals surface area contributed by atoms with E-state index in [2.05, 4.69) is 35.9 Å². The van der Waals surface area contributed by atoms with Gasteiger partial charge in [0.15, 0.2) is 0 Å². The van der Waals surface area contributed by atoms with E-state index in [4.69, 9.17) is 0 Å². The van der Waals surface area contributed by atoms with Gasteiger partial charge < -0.3 is 22.1 Å². The molecule has 6 nitrogen and oxygen atoms in total. The van der Waals surface area contributed by atoms with Gasteiger partial charge in [-0.3, -0.25) is 0 Å². The molecule has 0 spiro atoms. The highest BCUT2D eigenvalue weighted by Gasteiger charge is 1.73. The zero-order valence-electron chi connectivity index (χ0n) is 15.6. The second-order valence-corrected chi connectivity index (χ2v) is 4.25. The summed E-state index contributed by atoms with van der Waals surface area (Å²) in [6.45, 7) is 4.25. The van der Waals surface area contributed by atoms with Gasteiger partial charge in [-0.05, 0) is 0 Å². The lowest BCUT2D eigenvalue weighted by atomic mass is 10.4. The fourth-order valence-corrected chi connectivity index (χ4v) is 0.770. The first-order valence-electron chi connectivity index (χ1n) is 7.90. The van der Waals surface area contributed by atoms with Crippen LogP contribution in [0.3, 0.4) is 0 Å². The molecule has 0 radical (unpaired) electrons. The first-order chi connectivity index (χ1) is 12.0. The van der Waals surface area contributed by atoms with Gasteiger partial charge in [0.1, 0.15) is 0 Å². The van der Waals surface area contributed by atoms with Gasteiger partial charge in [-0.25, -0.2) is 9.59 Å². The fourth-order valence-electron chi connectivity index (χ4n) is 0.770. The van der Waals surface area contributed by atoms with E-state index in [0.29, 0.717) is 0 Å². The van der Waals surface area contributed by atoms with Crippen LogP contribution in [0.25, 0.3) is 0 Å². The van der Waals surface area contributed by atoms with Crippen molar-refractivity contribution in [3.8, 4) is 0 Å². The number of urea groups is 2. The number of rotatable bonds is 0. The lowest BCUT2D eigenvalue weighted by molar-refractivity contribution is 0.250. The quantitative estimate of drug-likeness (QED) is 0.585. The van der Waals surface area contributed by atoms with Crippen molar-refractivity contribution in [3.05, 3.63) is 72.8 Å². The molecule has 0 aliphatic carbocycles. The van der Waals surface area contributed by atoms with Crippen molar-refractivity contribution >= 4 is 12.1 Å². The number of carbonyl (C=O) groups is 2. The van der Waals surface area contributed by atoms with Crippen LogP contribution in [0.4, 0.5) is 9.59 Å². The molecule has 2 aromatic carbocycles. The standard InChI is InChI=1S/2C6H6.C3H8.2C2H6N2O/c2*1-2-4-6-5-3-1;1-3-2;2*1-4-2(3)5/h2*1-6H;3H2,1-2H3;2*1H3,(H3,3,4,5). The number of carbonyl (C=O) groups excluding carboxylic acids is 2. The molecule has 0 aliphatic heterocycles. The summed E-state index contributed by atoms with van der Waals surface area (Å²) >= 11 is 0. The Labute approximate surface area is 151 Å². The maximum absolute atomic E-state index is 9.48. The van der Waals surface area contributed by atoms with Crippen molar-refractivity contribution in [2.45, 2.75) is 20.3 Å². The summed E-state index contributed by atoms with van der Waals surface area (Å²) in [5.74, 6) is 0. The molecule has 6 N–H and O–H groups in total. The Morgan fingerprint density at radius 2 is 0.680 bits per heavy atom. The van der Waals surface area contributed by atoms with E-state index in [1.165, 1.54) is 20.5 Å². The van der Waals surface area contributed by atoms with Gasteiger partial charge in [-0.15, -0.1) is 0 Å². The second-order valence-electron chi connectivity index (χ2n) is 4.25. The Hall–Kier alpha value is -3.02. The number of hydrogen-bond donors (Lipinski definition) is 4. The smallest absolute Gasteiger partial charge is 0.311 e. The summed E-state index contributed by atoms with van der Waals surface area (Å²) in [5.41, 5.74) is 9.08. The number of primary amides is 2. The summed E-state index contributed by atoms with van der Waals surface area (Å²) in [6.07, 6.45) is 1.25. The third-order valence-corrected chi connectivity index (χ3v) is 1.83. The number of nitrogens with two attached hydrogens (primary N) is 2. The highest BCUT2D eigenvalue weighted by molar-refractivity contribution is 5.71. The van der Waals surface area contributed by atoms with Crippen LogP contribution in [0, 0.1) is 0 Å². The molecule has 6 heteroatoms. The average Bonchev–Trinajstić information content (AvgIpc) is 2.66. The van der Waals surface area contributed by atoms with E-state index in [1.807, 2.05) is 72.8 Å². The minimum Gasteiger partial charge on any atom is -0.352 e. The molecule has 0 unspecified atom stereocenters. The van der Waals surface area contributed by atoms with Crippen molar-refractivity contribution in [3.63, 3.8) is 0 Å². The van der Waals surface area contributed by atoms with E-state index >= 15 is 0 Å². The van der Waals surface area contributed by atoms with Crippen LogP contribution in [0.5, 0.6) is 0 Å². The Bertz CT molecular complexity index is 380. The van der Waals surface area contributed by atoms with Crippen LogP contribution in [0.15, 0.2) is 72.8 Å². The zero-order valence-corrected chi connectivity index (χ0v) is 15.6. The van der Waals surface area contributed by atoms with Gasteiger partial charge in [-0.2, -0.15) is 0 Å². The van der Waals surface area contributed by atoms with Crippen molar-refractivity contribution < 1.29 is 9.59 Å². The monoisotopic (exact) mass is 348 g/mol. The van der Waals surface area contributed by atoms with Crippen molar-refractivity contribution in [1.82, 2.24) is 10.6 Å². The predicted molar refractivity (Wildman–Crippen MR) is 106 cm³/mol. The molecule has 0 atom stereocenters. The van der Waals surface area contributed by atoms with E-state index in [0.717, 1.165) is 0 Å². The molecule has 140 valence electrons. The zero-order chi connectivity index (χ0) is 19.8. The van der Waals surface area contributed by atoms with Gasteiger partial charge in [0.05, 0.1) is 0 Å². The van der Waals surface area contributed by atoms with E-state index in [9.17, 15) is 9.59 Å². The molecule has 0 saturated heterocycles. The van der Waals surface area contributed by atoms with Gasteiger partial charge in [0.25, 0.3) is 0 Å². The highest BCUT2D eigenvalue weighted by Crippen LogP contribution is 1.80. The molecule has 0 fully saturated rings. The van der Waals surface area contributed by atoms with Gasteiger partial charge in [0.2, 0.25) is 0 Å².